The first-order valence-corrected chi connectivity index (χ1v) is 5.99. The van der Waals surface area contributed by atoms with Crippen LogP contribution in [-0.4, -0.2) is 29.2 Å². The zero-order valence-electron chi connectivity index (χ0n) is 11.0. The van der Waals surface area contributed by atoms with Crippen molar-refractivity contribution in [3.63, 3.8) is 0 Å². The number of nitrogens with zero attached hydrogens (tertiary/aromatic N) is 2. The number of rotatable bonds is 5. The molecule has 1 aromatic heterocycles. The molecule has 1 aromatic carbocycles. The van der Waals surface area contributed by atoms with Crippen LogP contribution in [0.15, 0.2) is 36.9 Å². The molecule has 0 spiro atoms. The first-order chi connectivity index (χ1) is 9.20. The molecule has 5 nitrogen and oxygen atoms in total. The Hall–Kier alpha value is -2.30. The molecule has 0 aliphatic carbocycles. The minimum atomic E-state index is -0.0522. The van der Waals surface area contributed by atoms with Crippen LogP contribution >= 0.6 is 0 Å². The molecule has 0 aliphatic heterocycles. The van der Waals surface area contributed by atoms with Gasteiger partial charge in [-0.3, -0.25) is 9.36 Å². The standard InChI is InChI=1S/C14H16N2O3/c1-11-3-4-12(13(9-11)18-2)19-8-5-14(17)16-7-6-15-10-16/h3-4,6-7,9-10H,5,8H2,1-2H3. The summed E-state index contributed by atoms with van der Waals surface area (Å²) >= 11 is 0. The van der Waals surface area contributed by atoms with Crippen molar-refractivity contribution in [2.24, 2.45) is 0 Å². The van der Waals surface area contributed by atoms with E-state index in [1.807, 2.05) is 25.1 Å². The number of aromatic nitrogens is 2. The molecule has 0 N–H and O–H groups in total. The summed E-state index contributed by atoms with van der Waals surface area (Å²) < 4.78 is 12.2. The van der Waals surface area contributed by atoms with Gasteiger partial charge in [-0.05, 0) is 24.6 Å². The van der Waals surface area contributed by atoms with Gasteiger partial charge in [0.1, 0.15) is 6.33 Å². The Morgan fingerprint density at radius 1 is 1.37 bits per heavy atom. The van der Waals surface area contributed by atoms with Gasteiger partial charge in [0.2, 0.25) is 5.91 Å². The average molecular weight is 260 g/mol. The highest BCUT2D eigenvalue weighted by atomic mass is 16.5. The highest BCUT2D eigenvalue weighted by Gasteiger charge is 2.07. The largest absolute Gasteiger partial charge is 0.493 e. The zero-order chi connectivity index (χ0) is 13.7. The van der Waals surface area contributed by atoms with Crippen molar-refractivity contribution >= 4 is 5.91 Å². The van der Waals surface area contributed by atoms with Crippen molar-refractivity contribution in [2.75, 3.05) is 13.7 Å². The highest BCUT2D eigenvalue weighted by Crippen LogP contribution is 2.27. The van der Waals surface area contributed by atoms with Crippen molar-refractivity contribution < 1.29 is 14.3 Å². The molecule has 5 heteroatoms. The molecule has 2 rings (SSSR count). The molecule has 0 saturated heterocycles. The number of carbonyl (C=O) groups excluding carboxylic acids is 1. The van der Waals surface area contributed by atoms with Gasteiger partial charge in [0.05, 0.1) is 20.1 Å². The Bertz CT molecular complexity index is 550. The van der Waals surface area contributed by atoms with Crippen LogP contribution in [0.2, 0.25) is 0 Å². The van der Waals surface area contributed by atoms with Gasteiger partial charge in [0.25, 0.3) is 0 Å². The van der Waals surface area contributed by atoms with Crippen LogP contribution in [0.4, 0.5) is 0 Å². The predicted octanol–water partition coefficient (Wildman–Crippen LogP) is 2.31. The van der Waals surface area contributed by atoms with Gasteiger partial charge >= 0.3 is 0 Å². The van der Waals surface area contributed by atoms with Crippen LogP contribution in [0.1, 0.15) is 16.8 Å². The van der Waals surface area contributed by atoms with Crippen LogP contribution in [0.5, 0.6) is 11.5 Å². The van der Waals surface area contributed by atoms with E-state index >= 15 is 0 Å². The number of ether oxygens (including phenoxy) is 2. The van der Waals surface area contributed by atoms with Crippen LogP contribution in [-0.2, 0) is 0 Å². The molecule has 1 heterocycles. The fourth-order valence-electron chi connectivity index (χ4n) is 1.68. The van der Waals surface area contributed by atoms with E-state index in [1.165, 1.54) is 10.9 Å². The first kappa shape index (κ1) is 13.1. The fourth-order valence-corrected chi connectivity index (χ4v) is 1.68. The molecule has 0 aliphatic rings. The summed E-state index contributed by atoms with van der Waals surface area (Å²) in [5, 5.41) is 0. The quantitative estimate of drug-likeness (QED) is 0.827. The Kier molecular flexibility index (Phi) is 4.18. The summed E-state index contributed by atoms with van der Waals surface area (Å²) in [7, 11) is 1.60. The fraction of sp³-hybridized carbons (Fsp3) is 0.286. The number of benzene rings is 1. The summed E-state index contributed by atoms with van der Waals surface area (Å²) in [5.41, 5.74) is 1.10. The second kappa shape index (κ2) is 6.04. The van der Waals surface area contributed by atoms with E-state index in [1.54, 1.807) is 19.5 Å². The SMILES string of the molecule is COc1cc(C)ccc1OCCC(=O)n1ccnc1. The Labute approximate surface area is 111 Å². The minimum Gasteiger partial charge on any atom is -0.493 e. The van der Waals surface area contributed by atoms with Crippen LogP contribution in [0.3, 0.4) is 0 Å². The lowest BCUT2D eigenvalue weighted by molar-refractivity contribution is 0.0880. The maximum absolute atomic E-state index is 11.7. The van der Waals surface area contributed by atoms with Gasteiger partial charge in [-0.2, -0.15) is 0 Å². The van der Waals surface area contributed by atoms with E-state index in [2.05, 4.69) is 4.98 Å². The van der Waals surface area contributed by atoms with Crippen LogP contribution < -0.4 is 9.47 Å². The second-order valence-electron chi connectivity index (χ2n) is 4.12. The third-order valence-corrected chi connectivity index (χ3v) is 2.69. The van der Waals surface area contributed by atoms with Gasteiger partial charge in [-0.15, -0.1) is 0 Å². The van der Waals surface area contributed by atoms with E-state index in [-0.39, 0.29) is 12.3 Å². The molecule has 0 bridgehead atoms. The lowest BCUT2D eigenvalue weighted by atomic mass is 10.2. The maximum Gasteiger partial charge on any atom is 0.235 e. The molecule has 2 aromatic rings. The lowest BCUT2D eigenvalue weighted by Crippen LogP contribution is -2.12. The topological polar surface area (TPSA) is 53.4 Å². The normalized spacial score (nSPS) is 10.2. The molecule has 100 valence electrons. The molecule has 0 saturated carbocycles. The van der Waals surface area contributed by atoms with E-state index in [4.69, 9.17) is 9.47 Å². The van der Waals surface area contributed by atoms with E-state index in [0.29, 0.717) is 18.1 Å². The van der Waals surface area contributed by atoms with Gasteiger partial charge in [-0.25, -0.2) is 4.98 Å². The molecule has 0 amide bonds. The van der Waals surface area contributed by atoms with Gasteiger partial charge in [0.15, 0.2) is 11.5 Å². The van der Waals surface area contributed by atoms with Crippen LogP contribution in [0, 0.1) is 6.92 Å². The summed E-state index contributed by atoms with van der Waals surface area (Å²) in [6, 6.07) is 5.68. The summed E-state index contributed by atoms with van der Waals surface area (Å²) in [6.07, 6.45) is 4.96. The monoisotopic (exact) mass is 260 g/mol. The van der Waals surface area contributed by atoms with Crippen LogP contribution in [0.25, 0.3) is 0 Å². The third-order valence-electron chi connectivity index (χ3n) is 2.69. The summed E-state index contributed by atoms with van der Waals surface area (Å²) in [5.74, 6) is 1.27. The maximum atomic E-state index is 11.7. The molecular weight excluding hydrogens is 244 g/mol. The number of methoxy groups -OCH3 is 1. The molecule has 19 heavy (non-hydrogen) atoms. The number of aryl methyl sites for hydroxylation is 1. The second-order valence-corrected chi connectivity index (χ2v) is 4.12. The number of imidazole rings is 1. The van der Waals surface area contributed by atoms with Crippen molar-refractivity contribution in [3.8, 4) is 11.5 Å². The van der Waals surface area contributed by atoms with Crippen molar-refractivity contribution in [3.05, 3.63) is 42.5 Å². The lowest BCUT2D eigenvalue weighted by Gasteiger charge is -2.11. The van der Waals surface area contributed by atoms with E-state index < -0.39 is 0 Å². The zero-order valence-corrected chi connectivity index (χ0v) is 11.0. The Morgan fingerprint density at radius 2 is 2.21 bits per heavy atom. The van der Waals surface area contributed by atoms with Gasteiger partial charge in [0, 0.05) is 12.4 Å². The average Bonchev–Trinajstić information content (AvgIpc) is 2.94. The molecule has 0 fully saturated rings. The van der Waals surface area contributed by atoms with Crippen molar-refractivity contribution in [1.29, 1.82) is 0 Å². The first-order valence-electron chi connectivity index (χ1n) is 5.99. The number of hydrogen-bond acceptors (Lipinski definition) is 4. The number of hydrogen-bond donors (Lipinski definition) is 0. The van der Waals surface area contributed by atoms with E-state index in [9.17, 15) is 4.79 Å². The van der Waals surface area contributed by atoms with Gasteiger partial charge in [-0.1, -0.05) is 6.07 Å². The molecule has 0 radical (unpaired) electrons. The highest BCUT2D eigenvalue weighted by molar-refractivity contribution is 5.78. The number of carbonyl (C=O) groups is 1. The van der Waals surface area contributed by atoms with Crippen molar-refractivity contribution in [2.45, 2.75) is 13.3 Å². The predicted molar refractivity (Wildman–Crippen MR) is 70.7 cm³/mol. The van der Waals surface area contributed by atoms with E-state index in [0.717, 1.165) is 5.56 Å². The molecule has 0 unspecified atom stereocenters. The Balaban J connectivity index is 1.91. The molecular formula is C14H16N2O3. The minimum absolute atomic E-state index is 0.0522. The summed E-state index contributed by atoms with van der Waals surface area (Å²) in [6.45, 7) is 2.28. The summed E-state index contributed by atoms with van der Waals surface area (Å²) in [4.78, 5) is 15.5. The molecule has 0 atom stereocenters. The van der Waals surface area contributed by atoms with Crippen molar-refractivity contribution in [1.82, 2.24) is 9.55 Å². The smallest absolute Gasteiger partial charge is 0.235 e. The third kappa shape index (κ3) is 3.34. The van der Waals surface area contributed by atoms with Gasteiger partial charge < -0.3 is 9.47 Å². The Morgan fingerprint density at radius 3 is 2.89 bits per heavy atom.